The minimum absolute atomic E-state index is 0.247. The summed E-state index contributed by atoms with van der Waals surface area (Å²) in [5, 5.41) is 10.2. The Morgan fingerprint density at radius 2 is 2.12 bits per heavy atom. The lowest BCUT2D eigenvalue weighted by atomic mass is 9.92. The number of halogens is 1. The Balaban J connectivity index is 1.64. The van der Waals surface area contributed by atoms with Crippen LogP contribution in [0.5, 0.6) is 0 Å². The van der Waals surface area contributed by atoms with E-state index in [4.69, 9.17) is 5.14 Å². The Labute approximate surface area is 149 Å². The minimum Gasteiger partial charge on any atom is -0.269 e. The molecule has 5 nitrogen and oxygen atoms in total. The molecular formula is C18H23FN4OS. The summed E-state index contributed by atoms with van der Waals surface area (Å²) >= 11 is 0. The van der Waals surface area contributed by atoms with E-state index in [1.165, 1.54) is 6.20 Å². The molecule has 0 saturated heterocycles. The molecular weight excluding hydrogens is 339 g/mol. The maximum Gasteiger partial charge on any atom is 0.150 e. The molecule has 2 aromatic heterocycles. The fourth-order valence-electron chi connectivity index (χ4n) is 3.63. The number of pyridine rings is 1. The molecule has 25 heavy (non-hydrogen) atoms. The zero-order valence-corrected chi connectivity index (χ0v) is 15.4. The van der Waals surface area contributed by atoms with Gasteiger partial charge in [0.2, 0.25) is 0 Å². The third-order valence-electron chi connectivity index (χ3n) is 5.35. The third-order valence-corrected chi connectivity index (χ3v) is 6.61. The van der Waals surface area contributed by atoms with Crippen LogP contribution in [0.25, 0.3) is 11.3 Å². The molecule has 0 amide bonds. The Bertz CT molecular complexity index is 844. The van der Waals surface area contributed by atoms with Crippen LogP contribution in [0.1, 0.15) is 62.8 Å². The van der Waals surface area contributed by atoms with Crippen molar-refractivity contribution in [3.63, 3.8) is 0 Å². The second kappa shape index (κ2) is 5.99. The van der Waals surface area contributed by atoms with Crippen molar-refractivity contribution in [2.45, 2.75) is 62.7 Å². The van der Waals surface area contributed by atoms with E-state index in [-0.39, 0.29) is 11.7 Å². The average molecular weight is 362 g/mol. The van der Waals surface area contributed by atoms with E-state index in [0.29, 0.717) is 17.2 Å². The van der Waals surface area contributed by atoms with Gasteiger partial charge in [-0.3, -0.25) is 14.8 Å². The highest BCUT2D eigenvalue weighted by Crippen LogP contribution is 2.41. The Morgan fingerprint density at radius 1 is 1.36 bits per heavy atom. The number of aryl methyl sites for hydroxylation is 1. The molecule has 0 spiro atoms. The van der Waals surface area contributed by atoms with Crippen LogP contribution >= 0.6 is 0 Å². The molecule has 3 heterocycles. The van der Waals surface area contributed by atoms with Crippen molar-refractivity contribution in [2.75, 3.05) is 0 Å². The van der Waals surface area contributed by atoms with Gasteiger partial charge in [0.25, 0.3) is 0 Å². The maximum atomic E-state index is 14.3. The quantitative estimate of drug-likeness (QED) is 0.887. The number of nitrogens with zero attached hydrogens (tertiary/aromatic N) is 3. The first-order valence-electron chi connectivity index (χ1n) is 8.75. The van der Waals surface area contributed by atoms with Gasteiger partial charge in [-0.15, -0.1) is 0 Å². The lowest BCUT2D eigenvalue weighted by molar-refractivity contribution is 0.513. The minimum atomic E-state index is -1.38. The van der Waals surface area contributed by atoms with E-state index in [0.717, 1.165) is 43.6 Å². The van der Waals surface area contributed by atoms with Gasteiger partial charge in [-0.25, -0.2) is 8.60 Å². The van der Waals surface area contributed by atoms with Gasteiger partial charge in [-0.1, -0.05) is 0 Å². The number of hydrogen-bond acceptors (Lipinski definition) is 3. The number of nitrogens with two attached hydrogens (primary N) is 1. The normalized spacial score (nSPS) is 21.4. The lowest BCUT2D eigenvalue weighted by Crippen LogP contribution is -2.33. The molecule has 2 N–H and O–H groups in total. The topological polar surface area (TPSA) is 73.8 Å². The summed E-state index contributed by atoms with van der Waals surface area (Å²) in [5.74, 6) is 0.388. The molecule has 1 saturated carbocycles. The smallest absolute Gasteiger partial charge is 0.150 e. The molecule has 2 aromatic rings. The van der Waals surface area contributed by atoms with E-state index < -0.39 is 15.7 Å². The fourth-order valence-corrected chi connectivity index (χ4v) is 4.00. The van der Waals surface area contributed by atoms with Crippen LogP contribution in [0.2, 0.25) is 0 Å². The monoisotopic (exact) mass is 362 g/mol. The first-order valence-corrected chi connectivity index (χ1v) is 9.96. The lowest BCUT2D eigenvalue weighted by Gasteiger charge is -2.24. The summed E-state index contributed by atoms with van der Waals surface area (Å²) in [6.45, 7) is 4.65. The number of fused-ring (bicyclic) bond motifs is 1. The van der Waals surface area contributed by atoms with Crippen molar-refractivity contribution in [3.05, 3.63) is 35.5 Å². The van der Waals surface area contributed by atoms with Gasteiger partial charge >= 0.3 is 0 Å². The Hall–Kier alpha value is -1.60. The van der Waals surface area contributed by atoms with Crippen LogP contribution in [0.15, 0.2) is 18.3 Å². The highest BCUT2D eigenvalue weighted by molar-refractivity contribution is 7.84. The average Bonchev–Trinajstić information content (AvgIpc) is 3.21. The summed E-state index contributed by atoms with van der Waals surface area (Å²) in [5.41, 5.74) is 3.23. The summed E-state index contributed by atoms with van der Waals surface area (Å²) in [7, 11) is -1.38. The molecule has 7 heteroatoms. The van der Waals surface area contributed by atoms with Crippen LogP contribution < -0.4 is 5.14 Å². The Morgan fingerprint density at radius 3 is 2.80 bits per heavy atom. The zero-order chi connectivity index (χ0) is 17.8. The second-order valence-electron chi connectivity index (χ2n) is 7.79. The maximum absolute atomic E-state index is 14.3. The largest absolute Gasteiger partial charge is 0.269 e. The van der Waals surface area contributed by atoms with E-state index in [9.17, 15) is 8.60 Å². The van der Waals surface area contributed by atoms with Crippen molar-refractivity contribution < 1.29 is 8.60 Å². The molecule has 2 atom stereocenters. The van der Waals surface area contributed by atoms with Crippen molar-refractivity contribution >= 4 is 11.0 Å². The van der Waals surface area contributed by atoms with Crippen LogP contribution in [-0.4, -0.2) is 23.7 Å². The molecule has 0 bridgehead atoms. The standard InChI is InChI=1S/C18H23FN4OS/c1-18(2,25(20)24)9-12-5-6-23-17(12)8-16(22-23)13-7-15(11-3-4-11)21-10-14(13)19/h7-8,10-12H,3-6,9,20H2,1-2H3/t12-,25?/m0/s1. The van der Waals surface area contributed by atoms with Gasteiger partial charge in [0.15, 0.2) is 5.82 Å². The van der Waals surface area contributed by atoms with Crippen LogP contribution in [0, 0.1) is 5.82 Å². The van der Waals surface area contributed by atoms with Crippen LogP contribution in [0.3, 0.4) is 0 Å². The highest BCUT2D eigenvalue weighted by Gasteiger charge is 2.34. The first-order chi connectivity index (χ1) is 11.8. The predicted octanol–water partition coefficient (Wildman–Crippen LogP) is 3.24. The van der Waals surface area contributed by atoms with Gasteiger partial charge in [0.1, 0.15) is 0 Å². The molecule has 0 aromatic carbocycles. The summed E-state index contributed by atoms with van der Waals surface area (Å²) < 4.78 is 27.6. The fraction of sp³-hybridized carbons (Fsp3) is 0.556. The number of rotatable bonds is 5. The van der Waals surface area contributed by atoms with E-state index in [2.05, 4.69) is 10.1 Å². The highest BCUT2D eigenvalue weighted by atomic mass is 32.2. The molecule has 1 fully saturated rings. The first kappa shape index (κ1) is 16.8. The van der Waals surface area contributed by atoms with Crippen molar-refractivity contribution in [2.24, 2.45) is 5.14 Å². The van der Waals surface area contributed by atoms with Gasteiger partial charge in [-0.2, -0.15) is 5.10 Å². The number of aromatic nitrogens is 3. The summed E-state index contributed by atoms with van der Waals surface area (Å²) in [4.78, 5) is 4.22. The molecule has 2 aliphatic rings. The van der Waals surface area contributed by atoms with Crippen molar-refractivity contribution in [3.8, 4) is 11.3 Å². The van der Waals surface area contributed by atoms with Gasteiger partial charge < -0.3 is 0 Å². The van der Waals surface area contributed by atoms with Crippen molar-refractivity contribution in [1.29, 1.82) is 0 Å². The van der Waals surface area contributed by atoms with Gasteiger partial charge in [-0.05, 0) is 51.7 Å². The molecule has 1 unspecified atom stereocenters. The van der Waals surface area contributed by atoms with Crippen LogP contribution in [0.4, 0.5) is 4.39 Å². The Kier molecular flexibility index (Phi) is 4.03. The van der Waals surface area contributed by atoms with Gasteiger partial charge in [0, 0.05) is 35.3 Å². The van der Waals surface area contributed by atoms with Crippen LogP contribution in [-0.2, 0) is 17.5 Å². The van der Waals surface area contributed by atoms with E-state index in [1.807, 2.05) is 30.7 Å². The molecule has 0 radical (unpaired) electrons. The SMILES string of the molecule is CC(C)(C[C@@H]1CCn2nc(-c3cc(C4CC4)ncc3F)cc21)S(N)=O. The molecule has 1 aliphatic carbocycles. The van der Waals surface area contributed by atoms with E-state index >= 15 is 0 Å². The molecule has 134 valence electrons. The zero-order valence-electron chi connectivity index (χ0n) is 14.5. The molecule has 1 aliphatic heterocycles. The van der Waals surface area contributed by atoms with Gasteiger partial charge in [0.05, 0.1) is 27.6 Å². The van der Waals surface area contributed by atoms with E-state index in [1.54, 1.807) is 0 Å². The molecule has 4 rings (SSSR count). The third kappa shape index (κ3) is 3.15. The summed E-state index contributed by atoms with van der Waals surface area (Å²) in [6.07, 6.45) is 5.25. The predicted molar refractivity (Wildman–Crippen MR) is 95.8 cm³/mol. The second-order valence-corrected chi connectivity index (χ2v) is 9.49. The number of hydrogen-bond donors (Lipinski definition) is 1. The van der Waals surface area contributed by atoms with Crippen molar-refractivity contribution in [1.82, 2.24) is 14.8 Å². The summed E-state index contributed by atoms with van der Waals surface area (Å²) in [6, 6.07) is 3.82.